The van der Waals surface area contributed by atoms with E-state index in [2.05, 4.69) is 75.9 Å². The minimum Gasteiger partial charge on any atom is -0.466 e. The molecule has 0 radical (unpaired) electrons. The summed E-state index contributed by atoms with van der Waals surface area (Å²) in [5, 5.41) is 7.13. The number of fused-ring (bicyclic) bond motifs is 6. The number of H-pyrrole nitrogens is 1. The first-order valence-electron chi connectivity index (χ1n) is 26.5. The van der Waals surface area contributed by atoms with E-state index in [1.807, 2.05) is 6.08 Å². The minimum atomic E-state index is -0.0986. The van der Waals surface area contributed by atoms with Crippen LogP contribution in [0.1, 0.15) is 205 Å². The average Bonchev–Trinajstić information content (AvgIpc) is 4.06. The molecule has 8 bridgehead atoms. The highest BCUT2D eigenvalue weighted by atomic mass is 16.5. The Labute approximate surface area is 398 Å². The molecule has 4 aliphatic heterocycles. The number of ketones is 1. The van der Waals surface area contributed by atoms with Crippen molar-refractivity contribution >= 4 is 35.2 Å². The Morgan fingerprint density at radius 1 is 0.803 bits per heavy atom. The molecule has 2 fully saturated rings. The first-order valence-corrected chi connectivity index (χ1v) is 26.5. The van der Waals surface area contributed by atoms with E-state index in [9.17, 15) is 14.4 Å². The van der Waals surface area contributed by atoms with Gasteiger partial charge in [0, 0.05) is 91.0 Å². The second-order valence-electron chi connectivity index (χ2n) is 20.2. The number of Topliss-reactive ketones (excluding diaryl/α,β-unsaturated/α-hetero) is 1. The van der Waals surface area contributed by atoms with Crippen LogP contribution in [0.3, 0.4) is 0 Å². The minimum absolute atomic E-state index is 0.0709. The Morgan fingerprint density at radius 3 is 2.21 bits per heavy atom. The smallest absolute Gasteiger partial charge is 0.305 e. The number of carbonyl (C=O) groups is 3. The standard InChI is InChI=1S/C57H85N5O4/c1-8-11-12-13-14-15-16-17-18-19-20-21-22-23-26-29-54(65)66-33-28-25-24-27-32-58-53(64)31-30-44-40(6)48-35-46-38(4)42(9-2)50(59-46)36-47-39(5)43(10-3)51(60-47)37-49-41(7)55-52(63)34-45(56(44)61-48)57(55)62-49/h9,17-18,40,44,47-49,59,61H,2,8,10-16,19-37H2,1,3-7H3,(H,58,64)/b18-17+,56-45-/t40-,44-,47?,48?,49?/m0/s1. The number of amides is 1. The number of aromatic nitrogens is 1. The third-order valence-corrected chi connectivity index (χ3v) is 15.5. The molecular formula is C57H85N5O4. The van der Waals surface area contributed by atoms with E-state index in [1.165, 1.54) is 104 Å². The number of rotatable bonds is 27. The first kappa shape index (κ1) is 51.1. The quantitative estimate of drug-likeness (QED) is 0.0461. The Hall–Kier alpha value is -4.27. The molecule has 1 saturated carbocycles. The van der Waals surface area contributed by atoms with Crippen LogP contribution in [0.2, 0.25) is 0 Å². The molecule has 3 N–H and O–H groups in total. The van der Waals surface area contributed by atoms with Gasteiger partial charge in [-0.3, -0.25) is 24.4 Å². The largest absolute Gasteiger partial charge is 0.466 e. The van der Waals surface area contributed by atoms with Crippen molar-refractivity contribution in [2.45, 2.75) is 220 Å². The molecule has 5 aliphatic rings. The van der Waals surface area contributed by atoms with E-state index in [0.29, 0.717) is 45.3 Å². The number of aromatic amines is 1. The lowest BCUT2D eigenvalue weighted by Crippen LogP contribution is -2.29. The monoisotopic (exact) mass is 904 g/mol. The zero-order chi connectivity index (χ0) is 47.0. The maximum atomic E-state index is 13.8. The summed E-state index contributed by atoms with van der Waals surface area (Å²) in [7, 11) is 0. The number of nitrogens with one attached hydrogen (secondary N) is 3. The summed E-state index contributed by atoms with van der Waals surface area (Å²) in [6, 6.07) is 0.109. The van der Waals surface area contributed by atoms with E-state index in [4.69, 9.17) is 14.7 Å². The fourth-order valence-corrected chi connectivity index (χ4v) is 11.3. The lowest BCUT2D eigenvalue weighted by atomic mass is 9.84. The van der Waals surface area contributed by atoms with Gasteiger partial charge in [0.15, 0.2) is 5.78 Å². The van der Waals surface area contributed by atoms with Gasteiger partial charge in [-0.15, -0.1) is 0 Å². The fraction of sp³-hybridized carbons (Fsp3) is 0.667. The molecule has 1 aromatic heterocycles. The molecule has 0 aromatic carbocycles. The van der Waals surface area contributed by atoms with Gasteiger partial charge < -0.3 is 20.4 Å². The Bertz CT molecular complexity index is 2060. The van der Waals surface area contributed by atoms with Gasteiger partial charge in [0.05, 0.1) is 24.4 Å². The second-order valence-corrected chi connectivity index (χ2v) is 20.2. The molecule has 9 nitrogen and oxygen atoms in total. The predicted molar refractivity (Wildman–Crippen MR) is 273 cm³/mol. The number of hydrogen-bond acceptors (Lipinski definition) is 7. The number of allylic oxidation sites excluding steroid dienone is 6. The molecule has 1 amide bonds. The summed E-state index contributed by atoms with van der Waals surface area (Å²) in [5.74, 6) is 0.502. The summed E-state index contributed by atoms with van der Waals surface area (Å²) >= 11 is 0. The van der Waals surface area contributed by atoms with Crippen LogP contribution in [-0.4, -0.2) is 65.3 Å². The Balaban J connectivity index is 0.923. The molecule has 5 atom stereocenters. The van der Waals surface area contributed by atoms with Crippen LogP contribution in [0.15, 0.2) is 62.3 Å². The highest BCUT2D eigenvalue weighted by Gasteiger charge is 2.45. The molecular weight excluding hydrogens is 819 g/mol. The summed E-state index contributed by atoms with van der Waals surface area (Å²) < 4.78 is 5.51. The van der Waals surface area contributed by atoms with Gasteiger partial charge in [-0.1, -0.05) is 103 Å². The van der Waals surface area contributed by atoms with Crippen LogP contribution in [0, 0.1) is 18.8 Å². The number of esters is 1. The second kappa shape index (κ2) is 25.7. The maximum absolute atomic E-state index is 13.8. The molecule has 0 spiro atoms. The number of hydrogen-bond donors (Lipinski definition) is 3. The summed E-state index contributed by atoms with van der Waals surface area (Å²) in [4.78, 5) is 53.9. The number of carbonyl (C=O) groups excluding carboxylic acids is 3. The normalized spacial score (nSPS) is 23.5. The lowest BCUT2D eigenvalue weighted by molar-refractivity contribution is -0.144. The van der Waals surface area contributed by atoms with Crippen LogP contribution >= 0.6 is 0 Å². The molecule has 6 rings (SSSR count). The maximum Gasteiger partial charge on any atom is 0.305 e. The van der Waals surface area contributed by atoms with Gasteiger partial charge >= 0.3 is 5.97 Å². The third kappa shape index (κ3) is 13.2. The van der Waals surface area contributed by atoms with E-state index in [-0.39, 0.29) is 47.6 Å². The number of ether oxygens (including phenoxy) is 1. The van der Waals surface area contributed by atoms with Crippen LogP contribution in [-0.2, 0) is 32.0 Å². The molecule has 66 heavy (non-hydrogen) atoms. The van der Waals surface area contributed by atoms with Gasteiger partial charge in [-0.05, 0) is 119 Å². The highest BCUT2D eigenvalue weighted by molar-refractivity contribution is 6.37. The van der Waals surface area contributed by atoms with Crippen molar-refractivity contribution in [2.75, 3.05) is 13.2 Å². The number of nitrogens with zero attached hydrogens (tertiary/aromatic N) is 2. The predicted octanol–water partition coefficient (Wildman–Crippen LogP) is 12.6. The molecule has 362 valence electrons. The van der Waals surface area contributed by atoms with E-state index >= 15 is 0 Å². The molecule has 1 aromatic rings. The topological polar surface area (TPSA) is 125 Å². The van der Waals surface area contributed by atoms with Gasteiger partial charge in [-0.2, -0.15) is 0 Å². The van der Waals surface area contributed by atoms with E-state index in [1.54, 1.807) is 0 Å². The van der Waals surface area contributed by atoms with Gasteiger partial charge in [0.1, 0.15) is 0 Å². The van der Waals surface area contributed by atoms with Crippen LogP contribution in [0.25, 0.3) is 6.08 Å². The van der Waals surface area contributed by atoms with Crippen molar-refractivity contribution < 1.29 is 19.1 Å². The van der Waals surface area contributed by atoms with Crippen LogP contribution in [0.4, 0.5) is 0 Å². The van der Waals surface area contributed by atoms with E-state index in [0.717, 1.165) is 91.6 Å². The zero-order valence-electron chi connectivity index (χ0n) is 41.9. The Kier molecular flexibility index (Phi) is 19.9. The number of aliphatic imine (C=N–C) groups is 2. The van der Waals surface area contributed by atoms with Gasteiger partial charge in [0.2, 0.25) is 5.91 Å². The van der Waals surface area contributed by atoms with Crippen molar-refractivity contribution in [3.05, 3.63) is 74.8 Å². The van der Waals surface area contributed by atoms with Crippen molar-refractivity contribution in [2.24, 2.45) is 21.8 Å². The fourth-order valence-electron chi connectivity index (χ4n) is 11.3. The first-order chi connectivity index (χ1) is 32.1. The molecule has 9 heteroatoms. The van der Waals surface area contributed by atoms with Gasteiger partial charge in [0.25, 0.3) is 0 Å². The van der Waals surface area contributed by atoms with Crippen molar-refractivity contribution in [3.63, 3.8) is 0 Å². The Morgan fingerprint density at radius 2 is 1.48 bits per heavy atom. The molecule has 3 unspecified atom stereocenters. The summed E-state index contributed by atoms with van der Waals surface area (Å²) in [6.45, 7) is 18.6. The molecule has 1 aliphatic carbocycles. The van der Waals surface area contributed by atoms with Crippen LogP contribution in [0.5, 0.6) is 0 Å². The molecule has 5 heterocycles. The highest BCUT2D eigenvalue weighted by Crippen LogP contribution is 2.44. The third-order valence-electron chi connectivity index (χ3n) is 15.5. The zero-order valence-corrected chi connectivity index (χ0v) is 41.9. The summed E-state index contributed by atoms with van der Waals surface area (Å²) in [6.07, 6.45) is 31.9. The summed E-state index contributed by atoms with van der Waals surface area (Å²) in [5.41, 5.74) is 13.5. The average molecular weight is 904 g/mol. The molecule has 1 saturated heterocycles. The number of unbranched alkanes of at least 4 members (excludes halogenated alkanes) is 14. The SMILES string of the molecule is C=Cc1c2[nH]c(c1C)CC1N/C(=C3/CC(=O)C4=C(C)C(CC5=NC(C2)C(C)=C5CC)N=C43)[C@@H](CCC(=O)NCCCCCCOC(=O)CCCCCCC/C=C/CCCCCCCC)[C@@H]1C. The van der Waals surface area contributed by atoms with E-state index < -0.39 is 0 Å². The van der Waals surface area contributed by atoms with Crippen molar-refractivity contribution in [1.82, 2.24) is 15.6 Å². The van der Waals surface area contributed by atoms with Crippen LogP contribution < -0.4 is 10.6 Å². The van der Waals surface area contributed by atoms with Gasteiger partial charge in [-0.25, -0.2) is 0 Å². The lowest BCUT2D eigenvalue weighted by Gasteiger charge is -2.20. The van der Waals surface area contributed by atoms with Crippen molar-refractivity contribution in [1.29, 1.82) is 0 Å². The van der Waals surface area contributed by atoms with Crippen molar-refractivity contribution in [3.8, 4) is 0 Å².